The van der Waals surface area contributed by atoms with Gasteiger partial charge in [-0.25, -0.2) is 18.7 Å². The lowest BCUT2D eigenvalue weighted by Gasteiger charge is -2.08. The fourth-order valence-corrected chi connectivity index (χ4v) is 1.69. The molecule has 18 heavy (non-hydrogen) atoms. The molecule has 0 fully saturated rings. The molecule has 0 unspecified atom stereocenters. The maximum atomic E-state index is 13.7. The fourth-order valence-electron chi connectivity index (χ4n) is 1.69. The molecule has 0 radical (unpaired) electrons. The molecule has 0 spiro atoms. The van der Waals surface area contributed by atoms with Crippen molar-refractivity contribution in [3.8, 4) is 11.3 Å². The Kier molecular flexibility index (Phi) is 3.50. The van der Waals surface area contributed by atoms with Crippen LogP contribution < -0.4 is 5.32 Å². The average Bonchev–Trinajstić information content (AvgIpc) is 2.33. The lowest BCUT2D eigenvalue weighted by Crippen LogP contribution is -2.04. The lowest BCUT2D eigenvalue weighted by molar-refractivity contribution is 0.616. The molecule has 1 aromatic heterocycles. The Morgan fingerprint density at radius 2 is 2.06 bits per heavy atom. The quantitative estimate of drug-likeness (QED) is 0.908. The van der Waals surface area contributed by atoms with Crippen LogP contribution in [0.1, 0.15) is 12.5 Å². The van der Waals surface area contributed by atoms with Crippen LogP contribution >= 0.6 is 0 Å². The van der Waals surface area contributed by atoms with E-state index in [0.29, 0.717) is 23.6 Å². The van der Waals surface area contributed by atoms with Gasteiger partial charge in [-0.1, -0.05) is 0 Å². The van der Waals surface area contributed by atoms with Gasteiger partial charge in [0.25, 0.3) is 0 Å². The second-order valence-electron chi connectivity index (χ2n) is 3.88. The molecule has 0 aliphatic rings. The molecule has 94 valence electrons. The molecule has 0 aliphatic carbocycles. The SMILES string of the molecule is CCNc1ncc(F)c(-c2ccc(F)cc2C)n1. The normalized spacial score (nSPS) is 10.4. The Labute approximate surface area is 104 Å². The van der Waals surface area contributed by atoms with Crippen molar-refractivity contribution >= 4 is 5.95 Å². The molecule has 0 aliphatic heterocycles. The first-order valence-electron chi connectivity index (χ1n) is 5.64. The zero-order valence-corrected chi connectivity index (χ0v) is 10.2. The summed E-state index contributed by atoms with van der Waals surface area (Å²) in [5, 5.41) is 2.91. The van der Waals surface area contributed by atoms with Gasteiger partial charge < -0.3 is 5.32 Å². The highest BCUT2D eigenvalue weighted by atomic mass is 19.1. The van der Waals surface area contributed by atoms with Crippen molar-refractivity contribution in [2.45, 2.75) is 13.8 Å². The van der Waals surface area contributed by atoms with E-state index in [0.717, 1.165) is 6.20 Å². The minimum Gasteiger partial charge on any atom is -0.354 e. The minimum absolute atomic E-state index is 0.179. The first-order chi connectivity index (χ1) is 8.61. The Bertz CT molecular complexity index is 570. The third-order valence-electron chi connectivity index (χ3n) is 2.52. The third kappa shape index (κ3) is 2.45. The first kappa shape index (κ1) is 12.4. The van der Waals surface area contributed by atoms with Crippen molar-refractivity contribution in [2.24, 2.45) is 0 Å². The van der Waals surface area contributed by atoms with Gasteiger partial charge in [0.2, 0.25) is 5.95 Å². The van der Waals surface area contributed by atoms with Crippen molar-refractivity contribution in [2.75, 3.05) is 11.9 Å². The van der Waals surface area contributed by atoms with E-state index in [-0.39, 0.29) is 11.5 Å². The number of aromatic nitrogens is 2. The van der Waals surface area contributed by atoms with E-state index in [1.54, 1.807) is 6.92 Å². The van der Waals surface area contributed by atoms with E-state index in [1.807, 2.05) is 6.92 Å². The van der Waals surface area contributed by atoms with Crippen LogP contribution in [0, 0.1) is 18.6 Å². The Hall–Kier alpha value is -2.04. The zero-order valence-electron chi connectivity index (χ0n) is 10.2. The number of hydrogen-bond acceptors (Lipinski definition) is 3. The van der Waals surface area contributed by atoms with E-state index >= 15 is 0 Å². The highest BCUT2D eigenvalue weighted by Gasteiger charge is 2.12. The van der Waals surface area contributed by atoms with E-state index in [1.165, 1.54) is 18.2 Å². The van der Waals surface area contributed by atoms with E-state index < -0.39 is 5.82 Å². The van der Waals surface area contributed by atoms with E-state index in [2.05, 4.69) is 15.3 Å². The van der Waals surface area contributed by atoms with E-state index in [4.69, 9.17) is 0 Å². The Morgan fingerprint density at radius 3 is 2.72 bits per heavy atom. The van der Waals surface area contributed by atoms with E-state index in [9.17, 15) is 8.78 Å². The third-order valence-corrected chi connectivity index (χ3v) is 2.52. The number of anilines is 1. The fraction of sp³-hybridized carbons (Fsp3) is 0.231. The number of halogens is 2. The largest absolute Gasteiger partial charge is 0.354 e. The van der Waals surface area contributed by atoms with Crippen LogP contribution in [0.3, 0.4) is 0 Å². The molecule has 1 heterocycles. The molecule has 1 aromatic carbocycles. The van der Waals surface area contributed by atoms with Crippen molar-refractivity contribution in [3.05, 3.63) is 41.6 Å². The highest BCUT2D eigenvalue weighted by Crippen LogP contribution is 2.25. The van der Waals surface area contributed by atoms with Gasteiger partial charge >= 0.3 is 0 Å². The van der Waals surface area contributed by atoms with Crippen molar-refractivity contribution < 1.29 is 8.78 Å². The number of benzene rings is 1. The summed E-state index contributed by atoms with van der Waals surface area (Å²) < 4.78 is 26.8. The van der Waals surface area contributed by atoms with Crippen LogP contribution in [0.5, 0.6) is 0 Å². The molecule has 0 atom stereocenters. The van der Waals surface area contributed by atoms with Crippen LogP contribution in [-0.2, 0) is 0 Å². The van der Waals surface area contributed by atoms with Crippen LogP contribution in [0.2, 0.25) is 0 Å². The van der Waals surface area contributed by atoms with Gasteiger partial charge in [-0.3, -0.25) is 0 Å². The number of rotatable bonds is 3. The van der Waals surface area contributed by atoms with Crippen LogP contribution in [0.4, 0.5) is 14.7 Å². The van der Waals surface area contributed by atoms with Crippen molar-refractivity contribution in [3.63, 3.8) is 0 Å². The zero-order chi connectivity index (χ0) is 13.1. The first-order valence-corrected chi connectivity index (χ1v) is 5.64. The predicted octanol–water partition coefficient (Wildman–Crippen LogP) is 3.16. The number of nitrogens with one attached hydrogen (secondary N) is 1. The maximum Gasteiger partial charge on any atom is 0.223 e. The summed E-state index contributed by atoms with van der Waals surface area (Å²) in [7, 11) is 0. The minimum atomic E-state index is -0.522. The number of nitrogens with zero attached hydrogens (tertiary/aromatic N) is 2. The molecule has 5 heteroatoms. The number of hydrogen-bond donors (Lipinski definition) is 1. The summed E-state index contributed by atoms with van der Waals surface area (Å²) in [6, 6.07) is 4.16. The number of aryl methyl sites for hydroxylation is 1. The summed E-state index contributed by atoms with van der Waals surface area (Å²) in [6.45, 7) is 4.26. The maximum absolute atomic E-state index is 13.7. The van der Waals surface area contributed by atoms with Crippen LogP contribution in [-0.4, -0.2) is 16.5 Å². The molecular formula is C13H13F2N3. The van der Waals surface area contributed by atoms with Crippen molar-refractivity contribution in [1.29, 1.82) is 0 Å². The van der Waals surface area contributed by atoms with Gasteiger partial charge in [0, 0.05) is 12.1 Å². The molecule has 2 rings (SSSR count). The Balaban J connectivity index is 2.51. The Morgan fingerprint density at radius 1 is 1.28 bits per heavy atom. The van der Waals surface area contributed by atoms with Crippen LogP contribution in [0.25, 0.3) is 11.3 Å². The van der Waals surface area contributed by atoms with Gasteiger partial charge in [0.1, 0.15) is 11.5 Å². The summed E-state index contributed by atoms with van der Waals surface area (Å²) >= 11 is 0. The highest BCUT2D eigenvalue weighted by molar-refractivity contribution is 5.64. The van der Waals surface area contributed by atoms with Gasteiger partial charge in [-0.05, 0) is 37.6 Å². The monoisotopic (exact) mass is 249 g/mol. The lowest BCUT2D eigenvalue weighted by atomic mass is 10.1. The van der Waals surface area contributed by atoms with Gasteiger partial charge in [0.05, 0.1) is 6.20 Å². The second kappa shape index (κ2) is 5.08. The van der Waals surface area contributed by atoms with Gasteiger partial charge in [0.15, 0.2) is 5.82 Å². The molecule has 3 nitrogen and oxygen atoms in total. The summed E-state index contributed by atoms with van der Waals surface area (Å²) in [6.07, 6.45) is 1.11. The molecule has 0 saturated heterocycles. The summed E-state index contributed by atoms with van der Waals surface area (Å²) in [5.74, 6) is -0.512. The van der Waals surface area contributed by atoms with Gasteiger partial charge in [-0.2, -0.15) is 0 Å². The summed E-state index contributed by atoms with van der Waals surface area (Å²) in [4.78, 5) is 7.93. The van der Waals surface area contributed by atoms with Gasteiger partial charge in [-0.15, -0.1) is 0 Å². The molecule has 0 saturated carbocycles. The van der Waals surface area contributed by atoms with Crippen molar-refractivity contribution in [1.82, 2.24) is 9.97 Å². The standard InChI is InChI=1S/C13H13F2N3/c1-3-16-13-17-7-11(15)12(18-13)10-5-4-9(14)6-8(10)2/h4-7H,3H2,1-2H3,(H,16,17,18). The molecular weight excluding hydrogens is 236 g/mol. The average molecular weight is 249 g/mol. The second-order valence-corrected chi connectivity index (χ2v) is 3.88. The molecule has 1 N–H and O–H groups in total. The smallest absolute Gasteiger partial charge is 0.223 e. The predicted molar refractivity (Wildman–Crippen MR) is 66.3 cm³/mol. The summed E-state index contributed by atoms with van der Waals surface area (Å²) in [5.41, 5.74) is 1.38. The topological polar surface area (TPSA) is 37.8 Å². The molecule has 0 amide bonds. The molecule has 2 aromatic rings. The molecule has 0 bridgehead atoms. The van der Waals surface area contributed by atoms with Crippen LogP contribution in [0.15, 0.2) is 24.4 Å².